The van der Waals surface area contributed by atoms with Gasteiger partial charge in [0, 0.05) is 13.2 Å². The Morgan fingerprint density at radius 1 is 1.47 bits per heavy atom. The molecule has 0 aromatic heterocycles. The van der Waals surface area contributed by atoms with E-state index in [0.717, 1.165) is 19.3 Å². The van der Waals surface area contributed by atoms with Gasteiger partial charge in [-0.1, -0.05) is 23.7 Å². The smallest absolute Gasteiger partial charge is 0.145 e. The highest BCUT2D eigenvalue weighted by Gasteiger charge is 2.38. The molecule has 1 atom stereocenters. The molecule has 1 aromatic rings. The summed E-state index contributed by atoms with van der Waals surface area (Å²) in [7, 11) is 3.68. The normalized spacial score (nSPS) is 18.9. The molecule has 0 aliphatic heterocycles. The van der Waals surface area contributed by atoms with E-state index < -0.39 is 0 Å². The van der Waals surface area contributed by atoms with E-state index >= 15 is 0 Å². The Morgan fingerprint density at radius 2 is 2.21 bits per heavy atom. The van der Waals surface area contributed by atoms with Crippen molar-refractivity contribution < 1.29 is 9.13 Å². The van der Waals surface area contributed by atoms with Crippen LogP contribution in [0.15, 0.2) is 18.2 Å². The number of halogens is 2. The van der Waals surface area contributed by atoms with Crippen molar-refractivity contribution in [2.24, 2.45) is 0 Å². The van der Waals surface area contributed by atoms with Crippen molar-refractivity contribution >= 4 is 11.6 Å². The summed E-state index contributed by atoms with van der Waals surface area (Å²) in [4.78, 5) is 0. The molecule has 1 aliphatic rings. The quantitative estimate of drug-likeness (QED) is 0.863. The van der Waals surface area contributed by atoms with E-state index in [1.165, 1.54) is 6.42 Å². The lowest BCUT2D eigenvalue weighted by molar-refractivity contribution is -0.0830. The molecular weight excluding hydrogens is 265 g/mol. The van der Waals surface area contributed by atoms with Gasteiger partial charge in [-0.05, 0) is 50.8 Å². The van der Waals surface area contributed by atoms with Crippen LogP contribution in [0.5, 0.6) is 0 Å². The summed E-state index contributed by atoms with van der Waals surface area (Å²) >= 11 is 5.82. The zero-order valence-electron chi connectivity index (χ0n) is 11.5. The van der Waals surface area contributed by atoms with Gasteiger partial charge in [-0.25, -0.2) is 4.39 Å². The van der Waals surface area contributed by atoms with E-state index in [1.807, 2.05) is 7.05 Å². The van der Waals surface area contributed by atoms with Crippen molar-refractivity contribution in [1.82, 2.24) is 5.32 Å². The van der Waals surface area contributed by atoms with Crippen molar-refractivity contribution in [2.75, 3.05) is 14.2 Å². The van der Waals surface area contributed by atoms with E-state index in [9.17, 15) is 4.39 Å². The van der Waals surface area contributed by atoms with Gasteiger partial charge in [-0.15, -0.1) is 0 Å². The number of hydrogen-bond acceptors (Lipinski definition) is 2. The fourth-order valence-corrected chi connectivity index (χ4v) is 2.95. The lowest BCUT2D eigenvalue weighted by Gasteiger charge is -2.42. The molecule has 1 aromatic carbocycles. The number of nitrogens with one attached hydrogen (secondary N) is 1. The molecule has 1 fully saturated rings. The Morgan fingerprint density at radius 3 is 2.74 bits per heavy atom. The first-order chi connectivity index (χ1) is 9.10. The Labute approximate surface area is 119 Å². The van der Waals surface area contributed by atoms with Crippen LogP contribution in [-0.4, -0.2) is 25.8 Å². The zero-order valence-corrected chi connectivity index (χ0v) is 12.3. The lowest BCUT2D eigenvalue weighted by Crippen LogP contribution is -2.45. The zero-order chi connectivity index (χ0) is 13.9. The molecule has 1 unspecified atom stereocenters. The number of methoxy groups -OCH3 is 1. The van der Waals surface area contributed by atoms with Gasteiger partial charge in [0.1, 0.15) is 5.82 Å². The van der Waals surface area contributed by atoms with Gasteiger partial charge in [0.2, 0.25) is 0 Å². The number of rotatable bonds is 6. The molecule has 2 nitrogen and oxygen atoms in total. The topological polar surface area (TPSA) is 21.3 Å². The largest absolute Gasteiger partial charge is 0.378 e. The second-order valence-electron chi connectivity index (χ2n) is 5.35. The fourth-order valence-electron chi connectivity index (χ4n) is 2.76. The van der Waals surface area contributed by atoms with Gasteiger partial charge in [0.15, 0.2) is 0 Å². The van der Waals surface area contributed by atoms with Gasteiger partial charge < -0.3 is 10.1 Å². The Bertz CT molecular complexity index is 429. The summed E-state index contributed by atoms with van der Waals surface area (Å²) in [5.74, 6) is -0.301. The third kappa shape index (κ3) is 3.28. The summed E-state index contributed by atoms with van der Waals surface area (Å²) in [5, 5.41) is 3.46. The van der Waals surface area contributed by atoms with Gasteiger partial charge in [0.25, 0.3) is 0 Å². The summed E-state index contributed by atoms with van der Waals surface area (Å²) < 4.78 is 19.6. The summed E-state index contributed by atoms with van der Waals surface area (Å²) in [5.41, 5.74) is 0.653. The maximum absolute atomic E-state index is 13.9. The Hall–Kier alpha value is -0.640. The first-order valence-electron chi connectivity index (χ1n) is 6.75. The molecule has 1 aliphatic carbocycles. The molecule has 0 saturated heterocycles. The van der Waals surface area contributed by atoms with Crippen LogP contribution in [0.4, 0.5) is 4.39 Å². The van der Waals surface area contributed by atoms with Gasteiger partial charge >= 0.3 is 0 Å². The van der Waals surface area contributed by atoms with Crippen LogP contribution >= 0.6 is 11.6 Å². The van der Waals surface area contributed by atoms with Crippen molar-refractivity contribution in [2.45, 2.75) is 43.7 Å². The maximum atomic E-state index is 13.9. The predicted molar refractivity (Wildman–Crippen MR) is 76.2 cm³/mol. The van der Waals surface area contributed by atoms with E-state index in [1.54, 1.807) is 25.3 Å². The average Bonchev–Trinajstić information content (AvgIpc) is 2.37. The molecule has 0 radical (unpaired) electrons. The molecule has 4 heteroatoms. The van der Waals surface area contributed by atoms with Gasteiger partial charge in [-0.3, -0.25) is 0 Å². The van der Waals surface area contributed by atoms with Gasteiger partial charge in [-0.2, -0.15) is 0 Å². The van der Waals surface area contributed by atoms with E-state index in [-0.39, 0.29) is 22.5 Å². The van der Waals surface area contributed by atoms with Crippen LogP contribution in [0.2, 0.25) is 5.02 Å². The molecule has 1 saturated carbocycles. The Kier molecular flexibility index (Phi) is 4.82. The highest BCUT2D eigenvalue weighted by molar-refractivity contribution is 6.30. The van der Waals surface area contributed by atoms with Crippen molar-refractivity contribution in [3.05, 3.63) is 34.6 Å². The third-order valence-electron chi connectivity index (χ3n) is 4.22. The van der Waals surface area contributed by atoms with E-state index in [0.29, 0.717) is 12.0 Å². The minimum atomic E-state index is -0.301. The Balaban J connectivity index is 2.04. The molecule has 0 bridgehead atoms. The molecule has 0 spiro atoms. The second kappa shape index (κ2) is 6.21. The molecule has 0 heterocycles. The lowest BCUT2D eigenvalue weighted by atomic mass is 9.75. The monoisotopic (exact) mass is 285 g/mol. The molecule has 2 rings (SSSR count). The van der Waals surface area contributed by atoms with Crippen LogP contribution in [0.3, 0.4) is 0 Å². The van der Waals surface area contributed by atoms with Gasteiger partial charge in [0.05, 0.1) is 10.6 Å². The highest BCUT2D eigenvalue weighted by atomic mass is 35.5. The maximum Gasteiger partial charge on any atom is 0.145 e. The summed E-state index contributed by atoms with van der Waals surface area (Å²) in [6.07, 6.45) is 4.95. The number of likely N-dealkylation sites (N-methyl/N-ethyl adjacent to an activating group) is 1. The van der Waals surface area contributed by atoms with Crippen molar-refractivity contribution in [3.63, 3.8) is 0 Å². The summed E-state index contributed by atoms with van der Waals surface area (Å²) in [6.45, 7) is 0. The van der Waals surface area contributed by atoms with Crippen LogP contribution in [0, 0.1) is 5.82 Å². The molecular formula is C15H21ClFNO. The number of benzene rings is 1. The average molecular weight is 286 g/mol. The van der Waals surface area contributed by atoms with Crippen LogP contribution in [-0.2, 0) is 11.2 Å². The third-order valence-corrected chi connectivity index (χ3v) is 4.51. The molecule has 106 valence electrons. The van der Waals surface area contributed by atoms with Crippen molar-refractivity contribution in [3.8, 4) is 0 Å². The minimum absolute atomic E-state index is 0.0112. The predicted octanol–water partition coefficient (Wildman–Crippen LogP) is 3.57. The van der Waals surface area contributed by atoms with E-state index in [4.69, 9.17) is 16.3 Å². The second-order valence-corrected chi connectivity index (χ2v) is 5.75. The molecule has 0 amide bonds. The minimum Gasteiger partial charge on any atom is -0.378 e. The number of hydrogen-bond donors (Lipinski definition) is 1. The van der Waals surface area contributed by atoms with E-state index in [2.05, 4.69) is 5.32 Å². The SMILES string of the molecule is CNC(Cc1cccc(Cl)c1F)CC1(OC)CCC1. The standard InChI is InChI=1S/C15H21ClFNO/c1-18-12(10-15(19-2)7-4-8-15)9-11-5-3-6-13(16)14(11)17/h3,5-6,12,18H,4,7-10H2,1-2H3. The van der Waals surface area contributed by atoms with Crippen LogP contribution in [0.1, 0.15) is 31.2 Å². The van der Waals surface area contributed by atoms with Crippen molar-refractivity contribution in [1.29, 1.82) is 0 Å². The fraction of sp³-hybridized carbons (Fsp3) is 0.600. The first-order valence-corrected chi connectivity index (χ1v) is 7.13. The van der Waals surface area contributed by atoms with Crippen LogP contribution in [0.25, 0.3) is 0 Å². The first kappa shape index (κ1) is 14.8. The summed E-state index contributed by atoms with van der Waals surface area (Å²) in [6, 6.07) is 5.37. The number of ether oxygens (including phenoxy) is 1. The van der Waals surface area contributed by atoms with Crippen LogP contribution < -0.4 is 5.32 Å². The highest BCUT2D eigenvalue weighted by Crippen LogP contribution is 2.39. The molecule has 1 N–H and O–H groups in total. The molecule has 19 heavy (non-hydrogen) atoms.